The average molecular weight is 219 g/mol. The summed E-state index contributed by atoms with van der Waals surface area (Å²) in [5.74, 6) is -0.287. The molecule has 4 nitrogen and oxygen atoms in total. The number of carbonyl (C=O) groups excluding carboxylic acids is 1. The summed E-state index contributed by atoms with van der Waals surface area (Å²) in [4.78, 5) is 15.2. The zero-order valence-electron chi connectivity index (χ0n) is 8.43. The maximum Gasteiger partial charge on any atom is 0.327 e. The van der Waals surface area contributed by atoms with Crippen LogP contribution in [-0.4, -0.2) is 15.6 Å². The van der Waals surface area contributed by atoms with Crippen LogP contribution in [0.5, 0.6) is 0 Å². The second kappa shape index (κ2) is 4.57. The molecule has 0 saturated carbocycles. The number of benzene rings is 1. The van der Waals surface area contributed by atoms with Gasteiger partial charge in [0.15, 0.2) is 0 Å². The molecule has 1 aromatic heterocycles. The molecule has 16 heavy (non-hydrogen) atoms. The van der Waals surface area contributed by atoms with Crippen molar-refractivity contribution in [3.63, 3.8) is 0 Å². The highest BCUT2D eigenvalue weighted by Gasteiger charge is 2.02. The SMILES string of the molecule is O=C(NCc1ccc(F)cc1)n1ccnc1. The van der Waals surface area contributed by atoms with E-state index in [-0.39, 0.29) is 11.8 Å². The van der Waals surface area contributed by atoms with Crippen molar-refractivity contribution in [2.45, 2.75) is 6.54 Å². The first-order chi connectivity index (χ1) is 7.75. The summed E-state index contributed by atoms with van der Waals surface area (Å²) in [6.07, 6.45) is 4.50. The fourth-order valence-corrected chi connectivity index (χ4v) is 1.25. The van der Waals surface area contributed by atoms with Crippen molar-refractivity contribution in [1.82, 2.24) is 14.9 Å². The summed E-state index contributed by atoms with van der Waals surface area (Å²) in [6, 6.07) is 5.71. The zero-order chi connectivity index (χ0) is 11.4. The molecule has 0 fully saturated rings. The van der Waals surface area contributed by atoms with E-state index in [1.807, 2.05) is 0 Å². The van der Waals surface area contributed by atoms with Crippen molar-refractivity contribution in [1.29, 1.82) is 0 Å². The molecule has 2 aromatic rings. The molecule has 0 aliphatic carbocycles. The topological polar surface area (TPSA) is 46.9 Å². The molecule has 1 N–H and O–H groups in total. The minimum Gasteiger partial charge on any atom is -0.333 e. The third-order valence-electron chi connectivity index (χ3n) is 2.10. The Balaban J connectivity index is 1.93. The number of hydrogen-bond acceptors (Lipinski definition) is 2. The predicted octanol–water partition coefficient (Wildman–Crippen LogP) is 1.78. The number of amides is 1. The van der Waals surface area contributed by atoms with Gasteiger partial charge < -0.3 is 5.32 Å². The second-order valence-electron chi connectivity index (χ2n) is 3.26. The Labute approximate surface area is 91.7 Å². The van der Waals surface area contributed by atoms with Crippen molar-refractivity contribution in [3.05, 3.63) is 54.4 Å². The van der Waals surface area contributed by atoms with Gasteiger partial charge in [-0.05, 0) is 17.7 Å². The highest BCUT2D eigenvalue weighted by atomic mass is 19.1. The summed E-state index contributed by atoms with van der Waals surface area (Å²) in [7, 11) is 0. The third kappa shape index (κ3) is 2.44. The summed E-state index contributed by atoms with van der Waals surface area (Å²) in [5, 5.41) is 2.68. The molecule has 1 heterocycles. The maximum atomic E-state index is 12.6. The molecule has 0 radical (unpaired) electrons. The first kappa shape index (κ1) is 10.4. The molecule has 1 aromatic carbocycles. The van der Waals surface area contributed by atoms with Crippen molar-refractivity contribution in [2.75, 3.05) is 0 Å². The Kier molecular flexibility index (Phi) is 2.95. The van der Waals surface area contributed by atoms with Crippen molar-refractivity contribution >= 4 is 6.03 Å². The van der Waals surface area contributed by atoms with E-state index in [0.29, 0.717) is 6.54 Å². The smallest absolute Gasteiger partial charge is 0.327 e. The number of rotatable bonds is 2. The summed E-state index contributed by atoms with van der Waals surface area (Å²) in [6.45, 7) is 0.358. The minimum atomic E-state index is -0.287. The van der Waals surface area contributed by atoms with E-state index in [1.165, 1.54) is 29.2 Å². The van der Waals surface area contributed by atoms with Crippen LogP contribution in [-0.2, 0) is 6.54 Å². The number of halogens is 1. The zero-order valence-corrected chi connectivity index (χ0v) is 8.43. The van der Waals surface area contributed by atoms with E-state index in [1.54, 1.807) is 18.3 Å². The first-order valence-electron chi connectivity index (χ1n) is 4.76. The van der Waals surface area contributed by atoms with E-state index in [2.05, 4.69) is 10.3 Å². The van der Waals surface area contributed by atoms with Gasteiger partial charge >= 0.3 is 6.03 Å². The average Bonchev–Trinajstić information content (AvgIpc) is 2.81. The molecule has 1 amide bonds. The Bertz CT molecular complexity index is 464. The van der Waals surface area contributed by atoms with Gasteiger partial charge in [0.25, 0.3) is 0 Å². The third-order valence-corrected chi connectivity index (χ3v) is 2.10. The van der Waals surface area contributed by atoms with Crippen LogP contribution in [0, 0.1) is 5.82 Å². The number of hydrogen-bond donors (Lipinski definition) is 1. The lowest BCUT2D eigenvalue weighted by molar-refractivity contribution is 0.242. The molecule has 0 bridgehead atoms. The van der Waals surface area contributed by atoms with Gasteiger partial charge in [0.2, 0.25) is 0 Å². The Hall–Kier alpha value is -2.17. The molecule has 0 spiro atoms. The minimum absolute atomic E-state index is 0.262. The van der Waals surface area contributed by atoms with Crippen LogP contribution in [0.3, 0.4) is 0 Å². The van der Waals surface area contributed by atoms with E-state index in [4.69, 9.17) is 0 Å². The molecule has 2 rings (SSSR count). The normalized spacial score (nSPS) is 10.1. The van der Waals surface area contributed by atoms with E-state index >= 15 is 0 Å². The van der Waals surface area contributed by atoms with Crippen LogP contribution in [0.1, 0.15) is 5.56 Å². The lowest BCUT2D eigenvalue weighted by Gasteiger charge is -2.04. The Morgan fingerprint density at radius 1 is 1.38 bits per heavy atom. The molecule has 82 valence electrons. The van der Waals surface area contributed by atoms with Crippen molar-refractivity contribution < 1.29 is 9.18 Å². The van der Waals surface area contributed by atoms with Gasteiger partial charge in [-0.2, -0.15) is 0 Å². The Morgan fingerprint density at radius 2 is 2.12 bits per heavy atom. The molecule has 0 saturated heterocycles. The molecule has 0 aliphatic rings. The number of nitrogens with zero attached hydrogens (tertiary/aromatic N) is 2. The van der Waals surface area contributed by atoms with Crippen LogP contribution in [0.2, 0.25) is 0 Å². The molecule has 0 atom stereocenters. The highest BCUT2D eigenvalue weighted by molar-refractivity contribution is 5.76. The van der Waals surface area contributed by atoms with Crippen LogP contribution in [0.4, 0.5) is 9.18 Å². The lowest BCUT2D eigenvalue weighted by Crippen LogP contribution is -2.26. The number of nitrogens with one attached hydrogen (secondary N) is 1. The van der Waals surface area contributed by atoms with Crippen LogP contribution >= 0.6 is 0 Å². The van der Waals surface area contributed by atoms with Crippen LogP contribution in [0.15, 0.2) is 43.0 Å². The van der Waals surface area contributed by atoms with Gasteiger partial charge in [0.1, 0.15) is 12.1 Å². The highest BCUT2D eigenvalue weighted by Crippen LogP contribution is 2.02. The molecular formula is C11H10FN3O. The summed E-state index contributed by atoms with van der Waals surface area (Å²) >= 11 is 0. The first-order valence-corrected chi connectivity index (χ1v) is 4.76. The standard InChI is InChI=1S/C11H10FN3O/c12-10-3-1-9(2-4-10)7-14-11(16)15-6-5-13-8-15/h1-6,8H,7H2,(H,14,16). The van der Waals surface area contributed by atoms with Gasteiger partial charge in [0.05, 0.1) is 0 Å². The van der Waals surface area contributed by atoms with Gasteiger partial charge in [-0.1, -0.05) is 12.1 Å². The number of aromatic nitrogens is 2. The van der Waals surface area contributed by atoms with Gasteiger partial charge in [0, 0.05) is 18.9 Å². The molecule has 5 heteroatoms. The lowest BCUT2D eigenvalue weighted by atomic mass is 10.2. The van der Waals surface area contributed by atoms with Crippen molar-refractivity contribution in [2.24, 2.45) is 0 Å². The quantitative estimate of drug-likeness (QED) is 0.836. The second-order valence-corrected chi connectivity index (χ2v) is 3.26. The number of carbonyl (C=O) groups is 1. The monoisotopic (exact) mass is 219 g/mol. The van der Waals surface area contributed by atoms with E-state index in [9.17, 15) is 9.18 Å². The van der Waals surface area contributed by atoms with Crippen LogP contribution in [0.25, 0.3) is 0 Å². The fourth-order valence-electron chi connectivity index (χ4n) is 1.25. The van der Waals surface area contributed by atoms with Gasteiger partial charge in [-0.3, -0.25) is 4.57 Å². The molecular weight excluding hydrogens is 209 g/mol. The predicted molar refractivity (Wildman–Crippen MR) is 56.3 cm³/mol. The molecule has 0 aliphatic heterocycles. The summed E-state index contributed by atoms with van der Waals surface area (Å²) < 4.78 is 13.9. The van der Waals surface area contributed by atoms with Gasteiger partial charge in [-0.25, -0.2) is 14.2 Å². The maximum absolute atomic E-state index is 12.6. The fraction of sp³-hybridized carbons (Fsp3) is 0.0909. The Morgan fingerprint density at radius 3 is 2.75 bits per heavy atom. The number of imidazole rings is 1. The van der Waals surface area contributed by atoms with Crippen LogP contribution < -0.4 is 5.32 Å². The van der Waals surface area contributed by atoms with E-state index < -0.39 is 0 Å². The van der Waals surface area contributed by atoms with Crippen molar-refractivity contribution in [3.8, 4) is 0 Å². The molecule has 0 unspecified atom stereocenters. The van der Waals surface area contributed by atoms with E-state index in [0.717, 1.165) is 5.56 Å². The van der Waals surface area contributed by atoms with Gasteiger partial charge in [-0.15, -0.1) is 0 Å². The summed E-state index contributed by atoms with van der Waals surface area (Å²) in [5.41, 5.74) is 0.842. The largest absolute Gasteiger partial charge is 0.333 e.